The highest BCUT2D eigenvalue weighted by Crippen LogP contribution is 2.48. The van der Waals surface area contributed by atoms with Crippen molar-refractivity contribution < 1.29 is 19.4 Å². The molecule has 0 aromatic heterocycles. The molecule has 0 bridgehead atoms. The van der Waals surface area contributed by atoms with Crippen LogP contribution in [0, 0.1) is 11.8 Å². The normalized spacial score (nSPS) is 21.9. The largest absolute Gasteiger partial charge is 0.504 e. The van der Waals surface area contributed by atoms with Gasteiger partial charge in [0.1, 0.15) is 0 Å². The molecule has 1 aromatic carbocycles. The monoisotopic (exact) mass is 356 g/mol. The van der Waals surface area contributed by atoms with E-state index in [0.717, 1.165) is 44.1 Å². The molecule has 0 saturated heterocycles. The second-order valence-electron chi connectivity index (χ2n) is 7.52. The lowest BCUT2D eigenvalue weighted by molar-refractivity contribution is -0.158. The Morgan fingerprint density at radius 3 is 2.23 bits per heavy atom. The van der Waals surface area contributed by atoms with Gasteiger partial charge in [0.2, 0.25) is 5.78 Å². The number of carbonyl (C=O) groups is 2. The maximum Gasteiger partial charge on any atom is 0.339 e. The zero-order valence-corrected chi connectivity index (χ0v) is 15.6. The quantitative estimate of drug-likeness (QED) is 0.686. The molecule has 1 aliphatic heterocycles. The standard InChI is InChI=1S/C22H28O4/c1-3-8-16(9-4-2)21-20(24)19(23)18(22(25)26-21)17(15-12-13-15)14-10-6-5-7-11-14/h5-7,10-11,15-17,21,23H,3-4,8-9,12-13H2,1-2H3. The Balaban J connectivity index is 1.95. The van der Waals surface area contributed by atoms with Crippen LogP contribution in [-0.2, 0) is 14.3 Å². The molecular formula is C22H28O4. The number of rotatable bonds is 8. The van der Waals surface area contributed by atoms with Gasteiger partial charge in [-0.3, -0.25) is 4.79 Å². The number of aliphatic hydroxyl groups excluding tert-OH is 1. The van der Waals surface area contributed by atoms with Crippen molar-refractivity contribution in [2.45, 2.75) is 64.4 Å². The molecule has 4 heteroatoms. The van der Waals surface area contributed by atoms with E-state index in [9.17, 15) is 14.7 Å². The number of ketones is 1. The minimum Gasteiger partial charge on any atom is -0.504 e. The van der Waals surface area contributed by atoms with Crippen LogP contribution in [0.25, 0.3) is 0 Å². The molecule has 3 rings (SSSR count). The predicted octanol–water partition coefficient (Wildman–Crippen LogP) is 4.70. The van der Waals surface area contributed by atoms with Gasteiger partial charge in [0.25, 0.3) is 0 Å². The smallest absolute Gasteiger partial charge is 0.339 e. The summed E-state index contributed by atoms with van der Waals surface area (Å²) in [6, 6.07) is 9.65. The molecule has 1 saturated carbocycles. The third-order valence-electron chi connectivity index (χ3n) is 5.51. The molecule has 1 N–H and O–H groups in total. The van der Waals surface area contributed by atoms with Crippen LogP contribution in [0.5, 0.6) is 0 Å². The molecule has 4 nitrogen and oxygen atoms in total. The van der Waals surface area contributed by atoms with E-state index in [2.05, 4.69) is 13.8 Å². The van der Waals surface area contributed by atoms with Gasteiger partial charge < -0.3 is 9.84 Å². The van der Waals surface area contributed by atoms with Crippen molar-refractivity contribution in [3.8, 4) is 0 Å². The molecule has 2 unspecified atom stereocenters. The van der Waals surface area contributed by atoms with Crippen LogP contribution in [-0.4, -0.2) is 23.0 Å². The van der Waals surface area contributed by atoms with Crippen LogP contribution >= 0.6 is 0 Å². The summed E-state index contributed by atoms with van der Waals surface area (Å²) in [5.41, 5.74) is 1.12. The summed E-state index contributed by atoms with van der Waals surface area (Å²) in [5.74, 6) is -1.32. The summed E-state index contributed by atoms with van der Waals surface area (Å²) in [5, 5.41) is 10.7. The third-order valence-corrected chi connectivity index (χ3v) is 5.51. The van der Waals surface area contributed by atoms with Gasteiger partial charge in [0, 0.05) is 11.8 Å². The van der Waals surface area contributed by atoms with Gasteiger partial charge in [-0.15, -0.1) is 0 Å². The number of aliphatic hydroxyl groups is 1. The molecule has 1 aliphatic carbocycles. The van der Waals surface area contributed by atoms with E-state index < -0.39 is 17.9 Å². The third kappa shape index (κ3) is 3.69. The van der Waals surface area contributed by atoms with E-state index >= 15 is 0 Å². The number of Topliss-reactive ketones (excluding diaryl/α,β-unsaturated/α-hetero) is 1. The summed E-state index contributed by atoms with van der Waals surface area (Å²) in [6.45, 7) is 4.11. The Labute approximate surface area is 155 Å². The summed E-state index contributed by atoms with van der Waals surface area (Å²) in [6.07, 6.45) is 4.60. The van der Waals surface area contributed by atoms with E-state index in [-0.39, 0.29) is 29.1 Å². The van der Waals surface area contributed by atoms with Gasteiger partial charge in [0.05, 0.1) is 5.57 Å². The molecule has 2 atom stereocenters. The summed E-state index contributed by atoms with van der Waals surface area (Å²) in [4.78, 5) is 25.7. The van der Waals surface area contributed by atoms with E-state index in [1.54, 1.807) is 0 Å². The molecule has 0 spiro atoms. The zero-order valence-electron chi connectivity index (χ0n) is 15.6. The molecule has 0 amide bonds. The molecule has 1 heterocycles. The van der Waals surface area contributed by atoms with Crippen LogP contribution in [0.2, 0.25) is 0 Å². The molecule has 2 aliphatic rings. The molecule has 0 radical (unpaired) electrons. The number of carbonyl (C=O) groups excluding carboxylic acids is 2. The van der Waals surface area contributed by atoms with Crippen LogP contribution in [0.4, 0.5) is 0 Å². The lowest BCUT2D eigenvalue weighted by Gasteiger charge is -2.32. The second-order valence-corrected chi connectivity index (χ2v) is 7.52. The van der Waals surface area contributed by atoms with Gasteiger partial charge >= 0.3 is 5.97 Å². The molecular weight excluding hydrogens is 328 g/mol. The van der Waals surface area contributed by atoms with Crippen molar-refractivity contribution in [3.05, 3.63) is 47.2 Å². The predicted molar refractivity (Wildman–Crippen MR) is 99.8 cm³/mol. The number of ether oxygens (including phenoxy) is 1. The lowest BCUT2D eigenvalue weighted by atomic mass is 9.81. The van der Waals surface area contributed by atoms with Crippen molar-refractivity contribution >= 4 is 11.8 Å². The van der Waals surface area contributed by atoms with Gasteiger partial charge in [-0.1, -0.05) is 57.0 Å². The maximum absolute atomic E-state index is 12.9. The fourth-order valence-corrected chi connectivity index (χ4v) is 4.13. The summed E-state index contributed by atoms with van der Waals surface area (Å²) in [7, 11) is 0. The van der Waals surface area contributed by atoms with E-state index in [1.807, 2.05) is 30.3 Å². The molecule has 1 aromatic rings. The average Bonchev–Trinajstić information content (AvgIpc) is 3.47. The Kier molecular flexibility index (Phi) is 5.80. The Hall–Kier alpha value is -2.10. The maximum atomic E-state index is 12.9. The lowest BCUT2D eigenvalue weighted by Crippen LogP contribution is -2.42. The number of esters is 1. The first-order chi connectivity index (χ1) is 12.6. The van der Waals surface area contributed by atoms with Crippen molar-refractivity contribution in [2.75, 3.05) is 0 Å². The van der Waals surface area contributed by atoms with Crippen molar-refractivity contribution in [2.24, 2.45) is 11.8 Å². The SMILES string of the molecule is CCCC(CCC)C1OC(=O)C(C(c2ccccc2)C2CC2)=C(O)C1=O. The molecule has 1 fully saturated rings. The molecule has 26 heavy (non-hydrogen) atoms. The topological polar surface area (TPSA) is 63.6 Å². The average molecular weight is 356 g/mol. The number of cyclic esters (lactones) is 1. The fourth-order valence-electron chi connectivity index (χ4n) is 4.13. The van der Waals surface area contributed by atoms with Crippen LogP contribution < -0.4 is 0 Å². The van der Waals surface area contributed by atoms with Crippen LogP contribution in [0.15, 0.2) is 41.7 Å². The van der Waals surface area contributed by atoms with E-state index in [0.29, 0.717) is 0 Å². The van der Waals surface area contributed by atoms with E-state index in [4.69, 9.17) is 4.74 Å². The van der Waals surface area contributed by atoms with Gasteiger partial charge in [-0.25, -0.2) is 4.79 Å². The number of hydrogen-bond acceptors (Lipinski definition) is 4. The van der Waals surface area contributed by atoms with Gasteiger partial charge in [-0.2, -0.15) is 0 Å². The Morgan fingerprint density at radius 2 is 1.69 bits per heavy atom. The fraction of sp³-hybridized carbons (Fsp3) is 0.545. The summed E-state index contributed by atoms with van der Waals surface area (Å²) >= 11 is 0. The number of benzene rings is 1. The van der Waals surface area contributed by atoms with Crippen LogP contribution in [0.3, 0.4) is 0 Å². The first kappa shape index (κ1) is 18.7. The minimum absolute atomic E-state index is 0.0266. The Bertz CT molecular complexity index is 681. The van der Waals surface area contributed by atoms with Crippen molar-refractivity contribution in [1.82, 2.24) is 0 Å². The highest BCUT2D eigenvalue weighted by molar-refractivity contribution is 6.09. The van der Waals surface area contributed by atoms with Gasteiger partial charge in [0.15, 0.2) is 11.9 Å². The number of hydrogen-bond donors (Lipinski definition) is 1. The Morgan fingerprint density at radius 1 is 1.08 bits per heavy atom. The van der Waals surface area contributed by atoms with Crippen molar-refractivity contribution in [3.63, 3.8) is 0 Å². The van der Waals surface area contributed by atoms with Gasteiger partial charge in [-0.05, 0) is 37.2 Å². The highest BCUT2D eigenvalue weighted by Gasteiger charge is 2.46. The molecule has 140 valence electrons. The first-order valence-electron chi connectivity index (χ1n) is 9.81. The van der Waals surface area contributed by atoms with Crippen molar-refractivity contribution in [1.29, 1.82) is 0 Å². The first-order valence-corrected chi connectivity index (χ1v) is 9.81. The zero-order chi connectivity index (χ0) is 18.7. The minimum atomic E-state index is -0.846. The van der Waals surface area contributed by atoms with Crippen LogP contribution in [0.1, 0.15) is 63.9 Å². The highest BCUT2D eigenvalue weighted by atomic mass is 16.6. The van der Waals surface area contributed by atoms with E-state index in [1.165, 1.54) is 0 Å². The second kappa shape index (κ2) is 8.07. The summed E-state index contributed by atoms with van der Waals surface area (Å²) < 4.78 is 5.62.